The third kappa shape index (κ3) is 9.36. The summed E-state index contributed by atoms with van der Waals surface area (Å²) in [5.74, 6) is 0. The van der Waals surface area contributed by atoms with Gasteiger partial charge in [-0.2, -0.15) is 0 Å². The molecule has 0 aromatic rings. The van der Waals surface area contributed by atoms with Gasteiger partial charge >= 0.3 is 23.5 Å². The molecule has 0 aromatic carbocycles. The van der Waals surface area contributed by atoms with Gasteiger partial charge in [0.1, 0.15) is 42.7 Å². The fourth-order valence-electron chi connectivity index (χ4n) is 3.51. The topological polar surface area (TPSA) is 298 Å². The number of hydrogen-bond donors (Lipinski definition) is 9. The highest BCUT2D eigenvalue weighted by Gasteiger charge is 2.56. The summed E-state index contributed by atoms with van der Waals surface area (Å²) < 4.78 is 69.3. The Balaban J connectivity index is 2.38. The summed E-state index contributed by atoms with van der Waals surface area (Å²) >= 11 is 0. The van der Waals surface area contributed by atoms with Crippen LogP contribution in [0.25, 0.3) is 0 Å². The zero-order valence-corrected chi connectivity index (χ0v) is 21.2. The Bertz CT molecular complexity index is 839. The molecule has 0 amide bonds. The molecule has 2 heterocycles. The Morgan fingerprint density at radius 2 is 1.14 bits per heavy atom. The maximum atomic E-state index is 11.5. The van der Waals surface area contributed by atoms with Gasteiger partial charge in [-0.05, 0) is 6.42 Å². The molecule has 2 aliphatic rings. The molecule has 0 unspecified atom stereocenters. The van der Waals surface area contributed by atoms with Gasteiger partial charge in [0.05, 0.1) is 13.2 Å². The minimum Gasteiger partial charge on any atom is -0.394 e. The number of rotatable bonds is 13. The summed E-state index contributed by atoms with van der Waals surface area (Å²) in [7, 11) is -16.1. The molecule has 0 aromatic heterocycles. The fourth-order valence-corrected chi connectivity index (χ4v) is 5.19. The van der Waals surface area contributed by atoms with Crippen molar-refractivity contribution >= 4 is 23.5 Å². The lowest BCUT2D eigenvalue weighted by Crippen LogP contribution is -2.61. The normalized spacial score (nSPS) is 36.3. The summed E-state index contributed by atoms with van der Waals surface area (Å²) in [6, 6.07) is 0. The quantitative estimate of drug-likeness (QED) is 0.0961. The highest BCUT2D eigenvalue weighted by Crippen LogP contribution is 2.48. The van der Waals surface area contributed by atoms with Crippen molar-refractivity contribution < 1.29 is 90.9 Å². The van der Waals surface area contributed by atoms with Crippen molar-refractivity contribution in [2.45, 2.75) is 68.7 Å². The van der Waals surface area contributed by atoms with E-state index in [4.69, 9.17) is 28.7 Å². The van der Waals surface area contributed by atoms with E-state index in [0.29, 0.717) is 6.42 Å². The van der Waals surface area contributed by atoms with Gasteiger partial charge in [-0.15, -0.1) is 0 Å². The first-order valence-corrected chi connectivity index (χ1v) is 14.8. The molecule has 2 saturated heterocycles. The van der Waals surface area contributed by atoms with Crippen LogP contribution in [0.4, 0.5) is 0 Å². The lowest BCUT2D eigenvalue weighted by molar-refractivity contribution is -0.313. The molecular weight excluding hydrogens is 565 g/mol. The molecule has 36 heavy (non-hydrogen) atoms. The van der Waals surface area contributed by atoms with Gasteiger partial charge in [0.15, 0.2) is 12.6 Å². The summed E-state index contributed by atoms with van der Waals surface area (Å²) in [6.07, 6.45) is -16.4. The number of hydrogen-bond acceptors (Lipinski definition) is 13. The van der Waals surface area contributed by atoms with Crippen LogP contribution in [-0.2, 0) is 46.2 Å². The molecule has 0 bridgehead atoms. The van der Waals surface area contributed by atoms with E-state index in [1.807, 2.05) is 0 Å². The molecule has 0 spiro atoms. The first-order valence-electron chi connectivity index (χ1n) is 10.2. The lowest BCUT2D eigenvalue weighted by atomic mass is 9.99. The SMILES string of the molecule is CCCO[C@@H]1O[C@H](CO)[C@@H](O[C@H]2O[C@H](CO)[C@@H](OP(=O)(O)O)[C@H](OP(=O)(O)O)[C@H]2O)[C@H]1OP(=O)(O)O. The molecule has 22 heteroatoms. The third-order valence-electron chi connectivity index (χ3n) is 4.80. The molecule has 9 atom stereocenters. The fraction of sp³-hybridized carbons (Fsp3) is 1.00. The molecule has 2 aliphatic heterocycles. The summed E-state index contributed by atoms with van der Waals surface area (Å²) in [6.45, 7) is -0.168. The number of ether oxygens (including phenoxy) is 4. The zero-order chi connectivity index (χ0) is 27.5. The molecule has 9 N–H and O–H groups in total. The average molecular weight is 594 g/mol. The molecule has 0 aliphatic carbocycles. The largest absolute Gasteiger partial charge is 0.470 e. The van der Waals surface area contributed by atoms with Crippen LogP contribution in [0.2, 0.25) is 0 Å². The standard InChI is InChI=1S/C14H29O19P3/c1-2-3-27-14-12(33-36(24,25)26)9(6(4-15)29-14)30-13-8(17)11(32-35(21,22)23)10(7(5-16)28-13)31-34(18,19)20/h6-17H,2-5H2,1H3,(H2,18,19,20)(H2,21,22,23)(H2,24,25,26)/t6-,7-,8-,9-,10-,11-,12-,13-,14-/m1/s1. The Labute approximate surface area is 203 Å². The van der Waals surface area contributed by atoms with Gasteiger partial charge < -0.3 is 63.6 Å². The Kier molecular flexibility index (Phi) is 11.6. The van der Waals surface area contributed by atoms with Crippen molar-refractivity contribution in [3.63, 3.8) is 0 Å². The van der Waals surface area contributed by atoms with E-state index in [2.05, 4.69) is 13.6 Å². The van der Waals surface area contributed by atoms with E-state index in [1.54, 1.807) is 6.92 Å². The summed E-state index contributed by atoms with van der Waals surface area (Å²) in [5.41, 5.74) is 0. The van der Waals surface area contributed by atoms with Crippen LogP contribution in [-0.4, -0.2) is 120 Å². The van der Waals surface area contributed by atoms with Gasteiger partial charge in [0.2, 0.25) is 0 Å². The zero-order valence-electron chi connectivity index (χ0n) is 18.5. The van der Waals surface area contributed by atoms with Gasteiger partial charge in [-0.25, -0.2) is 13.7 Å². The highest BCUT2D eigenvalue weighted by atomic mass is 31.2. The second kappa shape index (κ2) is 12.9. The van der Waals surface area contributed by atoms with Gasteiger partial charge in [0.25, 0.3) is 0 Å². The molecule has 0 saturated carbocycles. The van der Waals surface area contributed by atoms with E-state index in [0.717, 1.165) is 0 Å². The van der Waals surface area contributed by atoms with Crippen LogP contribution in [0.3, 0.4) is 0 Å². The average Bonchev–Trinajstić information content (AvgIpc) is 3.04. The van der Waals surface area contributed by atoms with Crippen LogP contribution < -0.4 is 0 Å². The first-order chi connectivity index (χ1) is 16.5. The van der Waals surface area contributed by atoms with Crippen molar-refractivity contribution in [1.82, 2.24) is 0 Å². The van der Waals surface area contributed by atoms with E-state index in [9.17, 15) is 48.6 Å². The molecular formula is C14H29O19P3. The van der Waals surface area contributed by atoms with Crippen LogP contribution >= 0.6 is 23.5 Å². The van der Waals surface area contributed by atoms with Crippen molar-refractivity contribution in [3.8, 4) is 0 Å². The second-order valence-corrected chi connectivity index (χ2v) is 11.2. The van der Waals surface area contributed by atoms with Gasteiger partial charge in [-0.3, -0.25) is 13.6 Å². The van der Waals surface area contributed by atoms with E-state index < -0.39 is 92.0 Å². The summed E-state index contributed by atoms with van der Waals surface area (Å²) in [4.78, 5) is 55.3. The van der Waals surface area contributed by atoms with E-state index in [1.165, 1.54) is 0 Å². The van der Waals surface area contributed by atoms with Crippen molar-refractivity contribution in [1.29, 1.82) is 0 Å². The van der Waals surface area contributed by atoms with Crippen molar-refractivity contribution in [2.75, 3.05) is 19.8 Å². The van der Waals surface area contributed by atoms with Gasteiger partial charge in [0, 0.05) is 6.61 Å². The molecule has 0 radical (unpaired) electrons. The molecule has 19 nitrogen and oxygen atoms in total. The van der Waals surface area contributed by atoms with Crippen LogP contribution in [0, 0.1) is 0 Å². The monoisotopic (exact) mass is 594 g/mol. The maximum Gasteiger partial charge on any atom is 0.470 e. The Morgan fingerprint density at radius 1 is 0.694 bits per heavy atom. The predicted octanol–water partition coefficient (Wildman–Crippen LogP) is -2.97. The Morgan fingerprint density at radius 3 is 1.61 bits per heavy atom. The number of aliphatic hydroxyl groups is 3. The smallest absolute Gasteiger partial charge is 0.394 e. The molecule has 2 rings (SSSR count). The van der Waals surface area contributed by atoms with Crippen LogP contribution in [0.1, 0.15) is 13.3 Å². The second-order valence-electron chi connectivity index (χ2n) is 7.59. The van der Waals surface area contributed by atoms with Crippen LogP contribution in [0.5, 0.6) is 0 Å². The molecule has 2 fully saturated rings. The molecule has 214 valence electrons. The number of aliphatic hydroxyl groups excluding tert-OH is 3. The van der Waals surface area contributed by atoms with Crippen molar-refractivity contribution in [2.24, 2.45) is 0 Å². The number of phosphoric ester groups is 3. The highest BCUT2D eigenvalue weighted by molar-refractivity contribution is 7.46. The third-order valence-corrected chi connectivity index (χ3v) is 6.35. The minimum atomic E-state index is -5.45. The van der Waals surface area contributed by atoms with Crippen LogP contribution in [0.15, 0.2) is 0 Å². The maximum absolute atomic E-state index is 11.5. The summed E-state index contributed by atoms with van der Waals surface area (Å²) in [5, 5.41) is 30.0. The minimum absolute atomic E-state index is 0.0330. The Hall–Kier alpha value is 0.0500. The number of phosphoric acid groups is 3. The lowest BCUT2D eigenvalue weighted by Gasteiger charge is -2.44. The van der Waals surface area contributed by atoms with Crippen molar-refractivity contribution in [3.05, 3.63) is 0 Å². The van der Waals surface area contributed by atoms with E-state index in [-0.39, 0.29) is 6.61 Å². The predicted molar refractivity (Wildman–Crippen MR) is 109 cm³/mol. The van der Waals surface area contributed by atoms with Gasteiger partial charge in [-0.1, -0.05) is 6.92 Å². The van der Waals surface area contributed by atoms with E-state index >= 15 is 0 Å². The first kappa shape index (κ1) is 32.3.